The Balaban J connectivity index is 3.17. The monoisotopic (exact) mass is 175 g/mol. The van der Waals surface area contributed by atoms with Gasteiger partial charge < -0.3 is 0 Å². The van der Waals surface area contributed by atoms with Gasteiger partial charge in [0.15, 0.2) is 0 Å². The number of nitriles is 1. The zero-order chi connectivity index (χ0) is 9.68. The Hall–Kier alpha value is -1.95. The summed E-state index contributed by atoms with van der Waals surface area (Å²) in [6.45, 7) is 0. The number of halogens is 1. The molecule has 0 atom stereocenters. The number of aldehydes is 1. The zero-order valence-electron chi connectivity index (χ0n) is 6.70. The Bertz CT molecular complexity index is 390. The summed E-state index contributed by atoms with van der Waals surface area (Å²) in [5.74, 6) is -0.594. The molecule has 64 valence electrons. The first-order valence-corrected chi connectivity index (χ1v) is 3.60. The van der Waals surface area contributed by atoms with Crippen molar-refractivity contribution in [3.8, 4) is 6.07 Å². The lowest BCUT2D eigenvalue weighted by Gasteiger charge is -1.96. The first-order chi connectivity index (χ1) is 6.29. The summed E-state index contributed by atoms with van der Waals surface area (Å²) in [4.78, 5) is 9.97. The van der Waals surface area contributed by atoms with Crippen molar-refractivity contribution in [3.63, 3.8) is 0 Å². The predicted molar refractivity (Wildman–Crippen MR) is 46.2 cm³/mol. The average Bonchev–Trinajstić information content (AvgIpc) is 2.16. The number of allylic oxidation sites excluding steroid dienone is 1. The third-order valence-corrected chi connectivity index (χ3v) is 1.50. The molecule has 1 aromatic rings. The minimum Gasteiger partial charge on any atom is -0.299 e. The standard InChI is InChI=1S/C10H6FNO/c11-10-8(5-2-6-13)3-1-4-9(10)7-12/h1-6H. The molecule has 0 N–H and O–H groups in total. The van der Waals surface area contributed by atoms with Gasteiger partial charge in [0.25, 0.3) is 0 Å². The van der Waals surface area contributed by atoms with Crippen LogP contribution in [-0.2, 0) is 4.79 Å². The Morgan fingerprint density at radius 2 is 2.23 bits per heavy atom. The second-order valence-corrected chi connectivity index (χ2v) is 2.32. The molecule has 0 spiro atoms. The van der Waals surface area contributed by atoms with E-state index in [4.69, 9.17) is 5.26 Å². The van der Waals surface area contributed by atoms with Crippen LogP contribution in [0.4, 0.5) is 4.39 Å². The molecule has 0 amide bonds. The molecule has 0 aromatic heterocycles. The summed E-state index contributed by atoms with van der Waals surface area (Å²) in [6, 6.07) is 6.16. The van der Waals surface area contributed by atoms with E-state index in [1.165, 1.54) is 24.3 Å². The van der Waals surface area contributed by atoms with Gasteiger partial charge in [-0.05, 0) is 18.2 Å². The Labute approximate surface area is 74.9 Å². The summed E-state index contributed by atoms with van der Waals surface area (Å²) in [7, 11) is 0. The van der Waals surface area contributed by atoms with E-state index in [9.17, 15) is 9.18 Å². The lowest BCUT2D eigenvalue weighted by molar-refractivity contribution is -0.104. The van der Waals surface area contributed by atoms with Crippen molar-refractivity contribution < 1.29 is 9.18 Å². The quantitative estimate of drug-likeness (QED) is 0.508. The van der Waals surface area contributed by atoms with Crippen LogP contribution >= 0.6 is 0 Å². The Morgan fingerprint density at radius 1 is 1.46 bits per heavy atom. The third-order valence-electron chi connectivity index (χ3n) is 1.50. The number of carbonyl (C=O) groups is 1. The van der Waals surface area contributed by atoms with Gasteiger partial charge in [0.2, 0.25) is 0 Å². The molecule has 3 heteroatoms. The van der Waals surface area contributed by atoms with Crippen LogP contribution in [-0.4, -0.2) is 6.29 Å². The van der Waals surface area contributed by atoms with Gasteiger partial charge in [0.05, 0.1) is 5.56 Å². The Kier molecular flexibility index (Phi) is 2.93. The van der Waals surface area contributed by atoms with Crippen LogP contribution in [0.2, 0.25) is 0 Å². The maximum Gasteiger partial charge on any atom is 0.148 e. The lowest BCUT2D eigenvalue weighted by Crippen LogP contribution is -1.87. The topological polar surface area (TPSA) is 40.9 Å². The highest BCUT2D eigenvalue weighted by molar-refractivity contribution is 5.74. The number of benzene rings is 1. The zero-order valence-corrected chi connectivity index (χ0v) is 6.70. The van der Waals surface area contributed by atoms with Crippen molar-refractivity contribution in [1.82, 2.24) is 0 Å². The van der Waals surface area contributed by atoms with Crippen LogP contribution in [0.15, 0.2) is 24.3 Å². The largest absolute Gasteiger partial charge is 0.299 e. The van der Waals surface area contributed by atoms with Crippen molar-refractivity contribution in [1.29, 1.82) is 5.26 Å². The van der Waals surface area contributed by atoms with E-state index in [1.807, 2.05) is 0 Å². The number of hydrogen-bond acceptors (Lipinski definition) is 2. The highest BCUT2D eigenvalue weighted by Gasteiger charge is 2.03. The van der Waals surface area contributed by atoms with E-state index >= 15 is 0 Å². The fraction of sp³-hybridized carbons (Fsp3) is 0. The van der Waals surface area contributed by atoms with Crippen molar-refractivity contribution >= 4 is 12.4 Å². The second kappa shape index (κ2) is 4.17. The minimum absolute atomic E-state index is 0.0203. The molecule has 13 heavy (non-hydrogen) atoms. The molecule has 0 aliphatic rings. The summed E-state index contributed by atoms with van der Waals surface area (Å²) in [5, 5.41) is 8.48. The predicted octanol–water partition coefficient (Wildman–Crippen LogP) is 1.91. The van der Waals surface area contributed by atoms with Gasteiger partial charge in [-0.1, -0.05) is 12.1 Å². The normalized spacial score (nSPS) is 9.85. The number of carbonyl (C=O) groups excluding carboxylic acids is 1. The maximum atomic E-state index is 13.2. The van der Waals surface area contributed by atoms with Gasteiger partial charge in [0.1, 0.15) is 18.2 Å². The van der Waals surface area contributed by atoms with Gasteiger partial charge in [-0.15, -0.1) is 0 Å². The van der Waals surface area contributed by atoms with Crippen molar-refractivity contribution in [2.24, 2.45) is 0 Å². The lowest BCUT2D eigenvalue weighted by atomic mass is 10.1. The maximum absolute atomic E-state index is 13.2. The van der Waals surface area contributed by atoms with Gasteiger partial charge in [-0.3, -0.25) is 4.79 Å². The van der Waals surface area contributed by atoms with Gasteiger partial charge in [-0.25, -0.2) is 4.39 Å². The molecule has 0 aliphatic carbocycles. The smallest absolute Gasteiger partial charge is 0.148 e. The highest BCUT2D eigenvalue weighted by Crippen LogP contribution is 2.12. The van der Waals surface area contributed by atoms with E-state index in [0.717, 1.165) is 0 Å². The fourth-order valence-corrected chi connectivity index (χ4v) is 0.908. The molecule has 0 fully saturated rings. The summed E-state index contributed by atoms with van der Waals surface area (Å²) in [6.07, 6.45) is 3.06. The van der Waals surface area contributed by atoms with Crippen molar-refractivity contribution in [2.75, 3.05) is 0 Å². The van der Waals surface area contributed by atoms with E-state index in [2.05, 4.69) is 0 Å². The van der Waals surface area contributed by atoms with Crippen LogP contribution in [0.1, 0.15) is 11.1 Å². The molecule has 1 aromatic carbocycles. The first kappa shape index (κ1) is 9.14. The van der Waals surface area contributed by atoms with Gasteiger partial charge >= 0.3 is 0 Å². The van der Waals surface area contributed by atoms with Crippen LogP contribution in [0.3, 0.4) is 0 Å². The number of rotatable bonds is 2. The van der Waals surface area contributed by atoms with Crippen LogP contribution in [0.5, 0.6) is 0 Å². The highest BCUT2D eigenvalue weighted by atomic mass is 19.1. The van der Waals surface area contributed by atoms with Gasteiger partial charge in [-0.2, -0.15) is 5.26 Å². The molecule has 0 saturated heterocycles. The third kappa shape index (κ3) is 2.00. The number of nitrogens with zero attached hydrogens (tertiary/aromatic N) is 1. The van der Waals surface area contributed by atoms with Crippen molar-refractivity contribution in [3.05, 3.63) is 41.2 Å². The van der Waals surface area contributed by atoms with Gasteiger partial charge in [0, 0.05) is 5.56 Å². The molecular weight excluding hydrogens is 169 g/mol. The molecule has 0 unspecified atom stereocenters. The first-order valence-electron chi connectivity index (χ1n) is 3.60. The second-order valence-electron chi connectivity index (χ2n) is 2.32. The molecule has 0 aliphatic heterocycles. The van der Waals surface area contributed by atoms with E-state index in [0.29, 0.717) is 6.29 Å². The van der Waals surface area contributed by atoms with Crippen LogP contribution in [0.25, 0.3) is 6.08 Å². The molecule has 1 rings (SSSR count). The van der Waals surface area contributed by atoms with E-state index < -0.39 is 5.82 Å². The molecule has 0 bridgehead atoms. The van der Waals surface area contributed by atoms with E-state index in [-0.39, 0.29) is 11.1 Å². The Morgan fingerprint density at radius 3 is 2.85 bits per heavy atom. The summed E-state index contributed by atoms with van der Waals surface area (Å²) >= 11 is 0. The SMILES string of the molecule is N#Cc1cccc(C=CC=O)c1F. The summed E-state index contributed by atoms with van der Waals surface area (Å²) < 4.78 is 13.2. The summed E-state index contributed by atoms with van der Waals surface area (Å²) in [5.41, 5.74) is 0.221. The molecule has 0 saturated carbocycles. The van der Waals surface area contributed by atoms with Crippen LogP contribution < -0.4 is 0 Å². The van der Waals surface area contributed by atoms with Crippen LogP contribution in [0, 0.1) is 17.1 Å². The molecule has 0 radical (unpaired) electrons. The molecular formula is C10H6FNO. The van der Waals surface area contributed by atoms with Crippen molar-refractivity contribution in [2.45, 2.75) is 0 Å². The fourth-order valence-electron chi connectivity index (χ4n) is 0.908. The molecule has 2 nitrogen and oxygen atoms in total. The molecule has 0 heterocycles. The number of hydrogen-bond donors (Lipinski definition) is 0. The van der Waals surface area contributed by atoms with E-state index in [1.54, 1.807) is 12.1 Å². The average molecular weight is 175 g/mol. The minimum atomic E-state index is -0.594.